The lowest BCUT2D eigenvalue weighted by Gasteiger charge is -2.33. The summed E-state index contributed by atoms with van der Waals surface area (Å²) in [5, 5.41) is 0. The maximum absolute atomic E-state index is 12.3. The fourth-order valence-electron chi connectivity index (χ4n) is 2.60. The molecule has 116 valence electrons. The van der Waals surface area contributed by atoms with Crippen molar-refractivity contribution in [2.24, 2.45) is 0 Å². The molecule has 1 heterocycles. The number of piperidine rings is 1. The van der Waals surface area contributed by atoms with Crippen LogP contribution in [0.5, 0.6) is 0 Å². The largest absolute Gasteiger partial charge is 0.378 e. The number of rotatable bonds is 6. The highest BCUT2D eigenvalue weighted by molar-refractivity contribution is 5.80. The van der Waals surface area contributed by atoms with Crippen LogP contribution in [0.15, 0.2) is 30.3 Å². The number of hydrogen-bond donors (Lipinski definition) is 0. The molecule has 1 atom stereocenters. The van der Waals surface area contributed by atoms with Gasteiger partial charge in [0.25, 0.3) is 5.91 Å². The molecule has 1 aliphatic rings. The summed E-state index contributed by atoms with van der Waals surface area (Å²) in [6, 6.07) is 9.93. The minimum atomic E-state index is -0.395. The molecule has 0 N–H and O–H groups in total. The first kappa shape index (κ1) is 16.0. The lowest BCUT2D eigenvalue weighted by molar-refractivity contribution is -0.146. The van der Waals surface area contributed by atoms with E-state index in [0.29, 0.717) is 12.7 Å². The van der Waals surface area contributed by atoms with E-state index in [1.165, 1.54) is 0 Å². The van der Waals surface area contributed by atoms with Crippen molar-refractivity contribution in [2.45, 2.75) is 45.5 Å². The Kier molecular flexibility index (Phi) is 6.21. The Morgan fingerprint density at radius 2 is 1.95 bits per heavy atom. The molecule has 1 aliphatic heterocycles. The zero-order chi connectivity index (χ0) is 15.1. The van der Waals surface area contributed by atoms with Crippen LogP contribution in [0, 0.1) is 0 Å². The maximum atomic E-state index is 12.3. The average molecular weight is 291 g/mol. The SMILES string of the molecule is CCOC1CCN(C(=O)[C@@H](C)OCc2ccccc2)CC1. The lowest BCUT2D eigenvalue weighted by atomic mass is 10.1. The molecular weight excluding hydrogens is 266 g/mol. The smallest absolute Gasteiger partial charge is 0.251 e. The summed E-state index contributed by atoms with van der Waals surface area (Å²) in [5.74, 6) is 0.0841. The van der Waals surface area contributed by atoms with Gasteiger partial charge in [-0.3, -0.25) is 4.79 Å². The molecule has 1 fully saturated rings. The first-order valence-electron chi connectivity index (χ1n) is 7.76. The van der Waals surface area contributed by atoms with Crippen molar-refractivity contribution in [3.8, 4) is 0 Å². The van der Waals surface area contributed by atoms with Gasteiger partial charge in [-0.15, -0.1) is 0 Å². The molecule has 1 amide bonds. The van der Waals surface area contributed by atoms with Crippen molar-refractivity contribution in [1.82, 2.24) is 4.90 Å². The molecular formula is C17H25NO3. The van der Waals surface area contributed by atoms with Gasteiger partial charge in [0.15, 0.2) is 0 Å². The number of carbonyl (C=O) groups excluding carboxylic acids is 1. The summed E-state index contributed by atoms with van der Waals surface area (Å²) in [6.45, 7) is 6.60. The molecule has 0 aliphatic carbocycles. The Labute approximate surface area is 127 Å². The van der Waals surface area contributed by atoms with E-state index >= 15 is 0 Å². The minimum Gasteiger partial charge on any atom is -0.378 e. The van der Waals surface area contributed by atoms with Crippen LogP contribution in [-0.4, -0.2) is 42.7 Å². The third kappa shape index (κ3) is 4.83. The third-order valence-electron chi connectivity index (χ3n) is 3.85. The zero-order valence-electron chi connectivity index (χ0n) is 13.0. The number of likely N-dealkylation sites (tertiary alicyclic amines) is 1. The fraction of sp³-hybridized carbons (Fsp3) is 0.588. The number of ether oxygens (including phenoxy) is 2. The van der Waals surface area contributed by atoms with Crippen molar-refractivity contribution in [3.05, 3.63) is 35.9 Å². The number of amides is 1. The number of nitrogens with zero attached hydrogens (tertiary/aromatic N) is 1. The molecule has 2 rings (SSSR count). The normalized spacial score (nSPS) is 17.7. The van der Waals surface area contributed by atoms with E-state index in [1.807, 2.05) is 49.1 Å². The highest BCUT2D eigenvalue weighted by Crippen LogP contribution is 2.15. The van der Waals surface area contributed by atoms with Gasteiger partial charge in [0.05, 0.1) is 12.7 Å². The fourth-order valence-corrected chi connectivity index (χ4v) is 2.60. The molecule has 1 saturated heterocycles. The van der Waals surface area contributed by atoms with Crippen molar-refractivity contribution in [2.75, 3.05) is 19.7 Å². The van der Waals surface area contributed by atoms with Gasteiger partial charge < -0.3 is 14.4 Å². The molecule has 0 aromatic heterocycles. The minimum absolute atomic E-state index is 0.0841. The Morgan fingerprint density at radius 1 is 1.29 bits per heavy atom. The van der Waals surface area contributed by atoms with Crippen molar-refractivity contribution in [1.29, 1.82) is 0 Å². The molecule has 0 spiro atoms. The van der Waals surface area contributed by atoms with Crippen molar-refractivity contribution in [3.63, 3.8) is 0 Å². The van der Waals surface area contributed by atoms with Gasteiger partial charge in [-0.05, 0) is 32.3 Å². The highest BCUT2D eigenvalue weighted by Gasteiger charge is 2.26. The predicted molar refractivity (Wildman–Crippen MR) is 81.9 cm³/mol. The number of carbonyl (C=O) groups is 1. The van der Waals surface area contributed by atoms with Crippen LogP contribution in [0.4, 0.5) is 0 Å². The molecule has 4 nitrogen and oxygen atoms in total. The van der Waals surface area contributed by atoms with Crippen LogP contribution in [-0.2, 0) is 20.9 Å². The number of hydrogen-bond acceptors (Lipinski definition) is 3. The second kappa shape index (κ2) is 8.15. The second-order valence-corrected chi connectivity index (χ2v) is 5.42. The van der Waals surface area contributed by atoms with Crippen LogP contribution in [0.2, 0.25) is 0 Å². The maximum Gasteiger partial charge on any atom is 0.251 e. The van der Waals surface area contributed by atoms with Gasteiger partial charge in [-0.2, -0.15) is 0 Å². The van der Waals surface area contributed by atoms with E-state index in [9.17, 15) is 4.79 Å². The molecule has 0 saturated carbocycles. The Hall–Kier alpha value is -1.39. The first-order valence-corrected chi connectivity index (χ1v) is 7.76. The summed E-state index contributed by atoms with van der Waals surface area (Å²) in [5.41, 5.74) is 1.09. The van der Waals surface area contributed by atoms with Gasteiger partial charge >= 0.3 is 0 Å². The Morgan fingerprint density at radius 3 is 2.57 bits per heavy atom. The van der Waals surface area contributed by atoms with Crippen LogP contribution in [0.3, 0.4) is 0 Å². The Balaban J connectivity index is 1.75. The van der Waals surface area contributed by atoms with E-state index < -0.39 is 6.10 Å². The monoisotopic (exact) mass is 291 g/mol. The summed E-state index contributed by atoms with van der Waals surface area (Å²) in [4.78, 5) is 14.2. The highest BCUT2D eigenvalue weighted by atomic mass is 16.5. The molecule has 0 unspecified atom stereocenters. The second-order valence-electron chi connectivity index (χ2n) is 5.42. The average Bonchev–Trinajstić information content (AvgIpc) is 2.54. The van der Waals surface area contributed by atoms with E-state index in [1.54, 1.807) is 0 Å². The number of benzene rings is 1. The molecule has 0 radical (unpaired) electrons. The zero-order valence-corrected chi connectivity index (χ0v) is 13.0. The Bertz CT molecular complexity index is 427. The first-order chi connectivity index (χ1) is 10.2. The molecule has 1 aromatic carbocycles. The standard InChI is InChI=1S/C17H25NO3/c1-3-20-16-9-11-18(12-10-16)17(19)14(2)21-13-15-7-5-4-6-8-15/h4-8,14,16H,3,9-13H2,1-2H3/t14-/m1/s1. The summed E-state index contributed by atoms with van der Waals surface area (Å²) < 4.78 is 11.3. The summed E-state index contributed by atoms with van der Waals surface area (Å²) in [6.07, 6.45) is 1.75. The van der Waals surface area contributed by atoms with Gasteiger partial charge in [0, 0.05) is 19.7 Å². The van der Waals surface area contributed by atoms with Crippen molar-refractivity contribution >= 4 is 5.91 Å². The molecule has 0 bridgehead atoms. The van der Waals surface area contributed by atoms with Gasteiger partial charge in [0.1, 0.15) is 6.10 Å². The summed E-state index contributed by atoms with van der Waals surface area (Å²) in [7, 11) is 0. The van der Waals surface area contributed by atoms with Crippen LogP contribution >= 0.6 is 0 Å². The van der Waals surface area contributed by atoms with E-state index in [4.69, 9.17) is 9.47 Å². The molecule has 21 heavy (non-hydrogen) atoms. The molecule has 1 aromatic rings. The molecule has 4 heteroatoms. The van der Waals surface area contributed by atoms with Crippen LogP contribution in [0.25, 0.3) is 0 Å². The van der Waals surface area contributed by atoms with Gasteiger partial charge in [0.2, 0.25) is 0 Å². The van der Waals surface area contributed by atoms with Crippen LogP contribution < -0.4 is 0 Å². The van der Waals surface area contributed by atoms with Crippen molar-refractivity contribution < 1.29 is 14.3 Å². The predicted octanol–water partition coefficient (Wildman–Crippen LogP) is 2.62. The van der Waals surface area contributed by atoms with E-state index in [-0.39, 0.29) is 5.91 Å². The topological polar surface area (TPSA) is 38.8 Å². The van der Waals surface area contributed by atoms with Gasteiger partial charge in [-0.25, -0.2) is 0 Å². The van der Waals surface area contributed by atoms with E-state index in [2.05, 4.69) is 0 Å². The summed E-state index contributed by atoms with van der Waals surface area (Å²) >= 11 is 0. The third-order valence-corrected chi connectivity index (χ3v) is 3.85. The van der Waals surface area contributed by atoms with Crippen LogP contribution in [0.1, 0.15) is 32.3 Å². The lowest BCUT2D eigenvalue weighted by Crippen LogP contribution is -2.45. The quantitative estimate of drug-likeness (QED) is 0.808. The van der Waals surface area contributed by atoms with Gasteiger partial charge in [-0.1, -0.05) is 30.3 Å². The van der Waals surface area contributed by atoms with E-state index in [0.717, 1.165) is 38.1 Å².